The summed E-state index contributed by atoms with van der Waals surface area (Å²) in [4.78, 5) is 5.03. The molecule has 1 aliphatic rings. The quantitative estimate of drug-likeness (QED) is 0.337. The molecule has 1 saturated heterocycles. The summed E-state index contributed by atoms with van der Waals surface area (Å²) in [6.45, 7) is 9.28. The molecule has 4 rings (SSSR count). The average molecular weight is 472 g/mol. The third-order valence-corrected chi connectivity index (χ3v) is 7.37. The maximum absolute atomic E-state index is 13.5. The number of aryl methyl sites for hydroxylation is 1. The van der Waals surface area contributed by atoms with Gasteiger partial charge < -0.3 is 15.1 Å². The first kappa shape index (κ1) is 25.0. The van der Waals surface area contributed by atoms with Gasteiger partial charge in [-0.2, -0.15) is 0 Å². The van der Waals surface area contributed by atoms with E-state index in [2.05, 4.69) is 84.2 Å². The molecular formula is C31H38FN3. The Hall–Kier alpha value is -3.11. The maximum Gasteiger partial charge on any atom is 0.123 e. The van der Waals surface area contributed by atoms with E-state index in [1.165, 1.54) is 22.4 Å². The molecule has 3 aromatic carbocycles. The standard InChI is InChI=1S/C31H38FN3/c1-4-33-30-9-5-6-10-31(30)34(3)28-19-22-35(23-20-28)21-7-8-29(25-13-11-24(2)12-14-25)26-15-17-27(32)18-16-26/h4-6,9-18,28-29,33H,1,7-8,19-23H2,2-3H3. The molecule has 0 saturated carbocycles. The van der Waals surface area contributed by atoms with E-state index in [4.69, 9.17) is 0 Å². The molecule has 1 heterocycles. The molecule has 3 nitrogen and oxygen atoms in total. The molecule has 0 radical (unpaired) electrons. The van der Waals surface area contributed by atoms with Crippen molar-refractivity contribution in [1.29, 1.82) is 0 Å². The fourth-order valence-corrected chi connectivity index (χ4v) is 5.28. The molecule has 35 heavy (non-hydrogen) atoms. The zero-order chi connectivity index (χ0) is 24.6. The number of anilines is 2. The predicted octanol–water partition coefficient (Wildman–Crippen LogP) is 7.20. The smallest absolute Gasteiger partial charge is 0.123 e. The molecule has 184 valence electrons. The van der Waals surface area contributed by atoms with Crippen molar-refractivity contribution in [2.75, 3.05) is 36.9 Å². The van der Waals surface area contributed by atoms with Crippen molar-refractivity contribution in [2.24, 2.45) is 0 Å². The fourth-order valence-electron chi connectivity index (χ4n) is 5.28. The summed E-state index contributed by atoms with van der Waals surface area (Å²) >= 11 is 0. The fraction of sp³-hybridized carbons (Fsp3) is 0.355. The van der Waals surface area contributed by atoms with Crippen LogP contribution in [0, 0.1) is 12.7 Å². The van der Waals surface area contributed by atoms with E-state index in [1.54, 1.807) is 18.3 Å². The van der Waals surface area contributed by atoms with Crippen LogP contribution in [0.3, 0.4) is 0 Å². The zero-order valence-corrected chi connectivity index (χ0v) is 21.1. The number of benzene rings is 3. The zero-order valence-electron chi connectivity index (χ0n) is 21.1. The number of hydrogen-bond donors (Lipinski definition) is 1. The molecule has 0 bridgehead atoms. The molecule has 1 unspecified atom stereocenters. The number of nitrogens with one attached hydrogen (secondary N) is 1. The van der Waals surface area contributed by atoms with Crippen LogP contribution >= 0.6 is 0 Å². The van der Waals surface area contributed by atoms with Gasteiger partial charge in [-0.05, 0) is 80.7 Å². The molecule has 0 aromatic heterocycles. The predicted molar refractivity (Wildman–Crippen MR) is 147 cm³/mol. The summed E-state index contributed by atoms with van der Waals surface area (Å²) in [7, 11) is 2.21. The van der Waals surface area contributed by atoms with Gasteiger partial charge in [-0.15, -0.1) is 0 Å². The van der Waals surface area contributed by atoms with Gasteiger partial charge >= 0.3 is 0 Å². The molecule has 4 heteroatoms. The monoisotopic (exact) mass is 471 g/mol. The minimum Gasteiger partial charge on any atom is -0.370 e. The lowest BCUT2D eigenvalue weighted by Gasteiger charge is -2.38. The SMILES string of the molecule is C=CNc1ccccc1N(C)C1CCN(CCCC(c2ccc(C)cc2)c2ccc(F)cc2)CC1. The van der Waals surface area contributed by atoms with E-state index in [1.807, 2.05) is 12.1 Å². The first-order valence-corrected chi connectivity index (χ1v) is 12.8. The van der Waals surface area contributed by atoms with Gasteiger partial charge in [0.05, 0.1) is 11.4 Å². The van der Waals surface area contributed by atoms with Crippen LogP contribution in [0.15, 0.2) is 85.6 Å². The summed E-state index contributed by atoms with van der Waals surface area (Å²) in [5.74, 6) is 0.126. The molecule has 3 aromatic rings. The third kappa shape index (κ3) is 6.52. The maximum atomic E-state index is 13.5. The van der Waals surface area contributed by atoms with E-state index >= 15 is 0 Å². The molecule has 0 spiro atoms. The highest BCUT2D eigenvalue weighted by atomic mass is 19.1. The van der Waals surface area contributed by atoms with E-state index in [0.717, 1.165) is 51.0 Å². The highest BCUT2D eigenvalue weighted by molar-refractivity contribution is 5.70. The second-order valence-electron chi connectivity index (χ2n) is 9.71. The van der Waals surface area contributed by atoms with Crippen LogP contribution in [0.25, 0.3) is 0 Å². The summed E-state index contributed by atoms with van der Waals surface area (Å²) in [5.41, 5.74) is 6.11. The van der Waals surface area contributed by atoms with E-state index in [0.29, 0.717) is 12.0 Å². The topological polar surface area (TPSA) is 18.5 Å². The van der Waals surface area contributed by atoms with Gasteiger partial charge in [0, 0.05) is 32.1 Å². The van der Waals surface area contributed by atoms with Crippen molar-refractivity contribution >= 4 is 11.4 Å². The van der Waals surface area contributed by atoms with Crippen molar-refractivity contribution in [1.82, 2.24) is 4.90 Å². The highest BCUT2D eigenvalue weighted by Crippen LogP contribution is 2.31. The lowest BCUT2D eigenvalue weighted by atomic mass is 9.87. The van der Waals surface area contributed by atoms with Crippen molar-refractivity contribution in [3.63, 3.8) is 0 Å². The molecule has 1 atom stereocenters. The number of likely N-dealkylation sites (tertiary alicyclic amines) is 1. The lowest BCUT2D eigenvalue weighted by molar-refractivity contribution is 0.207. The van der Waals surface area contributed by atoms with Crippen LogP contribution in [0.5, 0.6) is 0 Å². The van der Waals surface area contributed by atoms with Gasteiger partial charge in [-0.25, -0.2) is 4.39 Å². The van der Waals surface area contributed by atoms with Crippen LogP contribution < -0.4 is 10.2 Å². The van der Waals surface area contributed by atoms with Crippen LogP contribution in [0.1, 0.15) is 48.3 Å². The van der Waals surface area contributed by atoms with Crippen LogP contribution in [0.2, 0.25) is 0 Å². The number of rotatable bonds is 10. The molecule has 1 fully saturated rings. The van der Waals surface area contributed by atoms with Gasteiger partial charge in [0.2, 0.25) is 0 Å². The van der Waals surface area contributed by atoms with Gasteiger partial charge in [0.15, 0.2) is 0 Å². The summed E-state index contributed by atoms with van der Waals surface area (Å²) < 4.78 is 13.5. The minimum absolute atomic E-state index is 0.174. The molecule has 1 aliphatic heterocycles. The Bertz CT molecular complexity index is 1020. The van der Waals surface area contributed by atoms with Gasteiger partial charge in [0.1, 0.15) is 5.82 Å². The van der Waals surface area contributed by atoms with E-state index in [9.17, 15) is 4.39 Å². The minimum atomic E-state index is -0.174. The van der Waals surface area contributed by atoms with Crippen molar-refractivity contribution < 1.29 is 4.39 Å². The third-order valence-electron chi connectivity index (χ3n) is 7.37. The van der Waals surface area contributed by atoms with Crippen LogP contribution in [0.4, 0.5) is 15.8 Å². The number of piperidine rings is 1. The van der Waals surface area contributed by atoms with E-state index < -0.39 is 0 Å². The Kier molecular flexibility index (Phi) is 8.59. The van der Waals surface area contributed by atoms with Crippen molar-refractivity contribution in [3.05, 3.63) is 108 Å². The lowest BCUT2D eigenvalue weighted by Crippen LogP contribution is -2.43. The van der Waals surface area contributed by atoms with Crippen molar-refractivity contribution in [3.8, 4) is 0 Å². The number of nitrogens with zero attached hydrogens (tertiary/aromatic N) is 2. The number of halogens is 1. The Labute approximate surface area is 210 Å². The van der Waals surface area contributed by atoms with Gasteiger partial charge in [-0.3, -0.25) is 0 Å². The number of para-hydroxylation sites is 2. The largest absolute Gasteiger partial charge is 0.370 e. The first-order chi connectivity index (χ1) is 17.0. The molecular weight excluding hydrogens is 433 g/mol. The number of hydrogen-bond acceptors (Lipinski definition) is 3. The normalized spacial score (nSPS) is 15.5. The first-order valence-electron chi connectivity index (χ1n) is 12.8. The molecule has 0 amide bonds. The second-order valence-corrected chi connectivity index (χ2v) is 9.71. The summed E-state index contributed by atoms with van der Waals surface area (Å²) in [6, 6.07) is 24.8. The summed E-state index contributed by atoms with van der Waals surface area (Å²) in [5, 5.41) is 3.27. The average Bonchev–Trinajstić information content (AvgIpc) is 2.89. The van der Waals surface area contributed by atoms with Gasteiger partial charge in [0.25, 0.3) is 0 Å². The van der Waals surface area contributed by atoms with E-state index in [-0.39, 0.29) is 5.82 Å². The molecule has 0 aliphatic carbocycles. The van der Waals surface area contributed by atoms with Crippen molar-refractivity contribution in [2.45, 2.75) is 44.6 Å². The van der Waals surface area contributed by atoms with Crippen LogP contribution in [-0.2, 0) is 0 Å². The summed E-state index contributed by atoms with van der Waals surface area (Å²) in [6.07, 6.45) is 6.26. The Morgan fingerprint density at radius 2 is 1.63 bits per heavy atom. The van der Waals surface area contributed by atoms with Gasteiger partial charge in [-0.1, -0.05) is 60.7 Å². The Morgan fingerprint density at radius 1 is 1.00 bits per heavy atom. The van der Waals surface area contributed by atoms with Crippen LogP contribution in [-0.4, -0.2) is 37.6 Å². The highest BCUT2D eigenvalue weighted by Gasteiger charge is 2.24. The Morgan fingerprint density at radius 3 is 2.29 bits per heavy atom. The Balaban J connectivity index is 1.32. The second kappa shape index (κ2) is 12.0. The molecule has 1 N–H and O–H groups in total.